The number of sulfonamides is 1. The van der Waals surface area contributed by atoms with E-state index in [9.17, 15) is 8.42 Å². The molecule has 1 fully saturated rings. The third kappa shape index (κ3) is 4.04. The third-order valence-electron chi connectivity index (χ3n) is 5.58. The van der Waals surface area contributed by atoms with Crippen molar-refractivity contribution in [2.24, 2.45) is 11.8 Å². The number of rotatable bonds is 5. The van der Waals surface area contributed by atoms with Gasteiger partial charge < -0.3 is 4.98 Å². The lowest BCUT2D eigenvalue weighted by Crippen LogP contribution is -2.46. The Kier molecular flexibility index (Phi) is 5.40. The van der Waals surface area contributed by atoms with Gasteiger partial charge in [0, 0.05) is 31.0 Å². The van der Waals surface area contributed by atoms with E-state index >= 15 is 0 Å². The summed E-state index contributed by atoms with van der Waals surface area (Å²) in [5.74, 6) is 0.551. The van der Waals surface area contributed by atoms with Gasteiger partial charge in [-0.25, -0.2) is 22.7 Å². The molecule has 1 N–H and O–H groups in total. The maximum atomic E-state index is 12.7. The fourth-order valence-corrected chi connectivity index (χ4v) is 5.63. The van der Waals surface area contributed by atoms with Crippen molar-refractivity contribution >= 4 is 21.2 Å². The normalized spacial score (nSPS) is 21.1. The Morgan fingerprint density at radius 3 is 2.86 bits per heavy atom. The van der Waals surface area contributed by atoms with Gasteiger partial charge in [0.1, 0.15) is 5.52 Å². The van der Waals surface area contributed by atoms with Gasteiger partial charge in [-0.05, 0) is 56.7 Å². The van der Waals surface area contributed by atoms with E-state index in [1.807, 2.05) is 24.4 Å². The van der Waals surface area contributed by atoms with E-state index in [-0.39, 0.29) is 5.92 Å². The molecule has 1 saturated heterocycles. The first-order valence-electron chi connectivity index (χ1n) is 10.1. The number of piperidine rings is 1. The van der Waals surface area contributed by atoms with Crippen LogP contribution < -0.4 is 0 Å². The molecule has 8 heteroatoms. The first-order valence-corrected chi connectivity index (χ1v) is 11.6. The highest BCUT2D eigenvalue weighted by molar-refractivity contribution is 7.89. The van der Waals surface area contributed by atoms with Crippen LogP contribution in [-0.2, 0) is 16.4 Å². The van der Waals surface area contributed by atoms with Gasteiger partial charge in [0.15, 0.2) is 5.65 Å². The molecule has 7 nitrogen and oxygen atoms in total. The second kappa shape index (κ2) is 7.84. The van der Waals surface area contributed by atoms with Crippen LogP contribution in [0.4, 0.5) is 0 Å². The summed E-state index contributed by atoms with van der Waals surface area (Å²) in [4.78, 5) is 16.8. The second-order valence-corrected chi connectivity index (χ2v) is 10.8. The molecule has 0 radical (unpaired) electrons. The fourth-order valence-electron chi connectivity index (χ4n) is 4.15. The van der Waals surface area contributed by atoms with E-state index in [0.29, 0.717) is 19.0 Å². The van der Waals surface area contributed by atoms with Gasteiger partial charge >= 0.3 is 0 Å². The highest BCUT2D eigenvalue weighted by Gasteiger charge is 2.34. The lowest BCUT2D eigenvalue weighted by molar-refractivity contribution is 0.208. The molecular formula is C21H27N5O2S. The minimum absolute atomic E-state index is 0.227. The van der Waals surface area contributed by atoms with Gasteiger partial charge in [0.25, 0.3) is 0 Å². The van der Waals surface area contributed by atoms with Crippen LogP contribution in [0.2, 0.25) is 0 Å². The molecule has 2 atom stereocenters. The lowest BCUT2D eigenvalue weighted by Gasteiger charge is -2.36. The van der Waals surface area contributed by atoms with Crippen LogP contribution in [0, 0.1) is 11.8 Å². The SMILES string of the molecule is CC(C)S(=O)(=O)N1C[C@@H](C)C[C@H](Cc2ncccc2-c2cnc3[nH]ccc3n2)C1. The van der Waals surface area contributed by atoms with E-state index in [2.05, 4.69) is 21.9 Å². The number of aromatic amines is 1. The first-order chi connectivity index (χ1) is 13.8. The average molecular weight is 414 g/mol. The number of H-pyrrole nitrogens is 1. The highest BCUT2D eigenvalue weighted by Crippen LogP contribution is 2.30. The van der Waals surface area contributed by atoms with Gasteiger partial charge in [-0.2, -0.15) is 0 Å². The molecule has 1 aliphatic heterocycles. The molecule has 1 aliphatic rings. The minimum atomic E-state index is -3.25. The molecule has 0 unspecified atom stereocenters. The number of hydrogen-bond acceptors (Lipinski definition) is 5. The van der Waals surface area contributed by atoms with E-state index < -0.39 is 15.3 Å². The van der Waals surface area contributed by atoms with Gasteiger partial charge in [-0.1, -0.05) is 6.92 Å². The largest absolute Gasteiger partial charge is 0.345 e. The predicted octanol–water partition coefficient (Wildman–Crippen LogP) is 3.26. The molecule has 3 aromatic heterocycles. The zero-order chi connectivity index (χ0) is 20.6. The van der Waals surface area contributed by atoms with Gasteiger partial charge in [0.2, 0.25) is 10.0 Å². The Morgan fingerprint density at radius 1 is 1.24 bits per heavy atom. The molecule has 0 saturated carbocycles. The number of nitrogens with zero attached hydrogens (tertiary/aromatic N) is 4. The molecule has 29 heavy (non-hydrogen) atoms. The average Bonchev–Trinajstić information content (AvgIpc) is 3.15. The molecule has 0 amide bonds. The Bertz CT molecular complexity index is 1110. The van der Waals surface area contributed by atoms with Crippen molar-refractivity contribution < 1.29 is 8.42 Å². The highest BCUT2D eigenvalue weighted by atomic mass is 32.2. The summed E-state index contributed by atoms with van der Waals surface area (Å²) in [6.45, 7) is 6.76. The van der Waals surface area contributed by atoms with Crippen LogP contribution in [0.15, 0.2) is 36.8 Å². The van der Waals surface area contributed by atoms with E-state index in [1.54, 1.807) is 30.5 Å². The molecule has 3 aromatic rings. The summed E-state index contributed by atoms with van der Waals surface area (Å²) in [6, 6.07) is 5.82. The Morgan fingerprint density at radius 2 is 2.07 bits per heavy atom. The number of nitrogens with one attached hydrogen (secondary N) is 1. The fraction of sp³-hybridized carbons (Fsp3) is 0.476. The van der Waals surface area contributed by atoms with E-state index in [0.717, 1.165) is 41.0 Å². The summed E-state index contributed by atoms with van der Waals surface area (Å²) in [5, 5.41) is -0.401. The molecule has 0 bridgehead atoms. The van der Waals surface area contributed by atoms with Gasteiger partial charge in [-0.3, -0.25) is 4.98 Å². The van der Waals surface area contributed by atoms with Gasteiger partial charge in [-0.15, -0.1) is 0 Å². The van der Waals surface area contributed by atoms with Crippen molar-refractivity contribution in [2.75, 3.05) is 13.1 Å². The minimum Gasteiger partial charge on any atom is -0.345 e. The summed E-state index contributed by atoms with van der Waals surface area (Å²) in [5.41, 5.74) is 4.26. The van der Waals surface area contributed by atoms with Crippen LogP contribution >= 0.6 is 0 Å². The van der Waals surface area contributed by atoms with Crippen molar-refractivity contribution in [1.82, 2.24) is 24.2 Å². The molecule has 154 valence electrons. The predicted molar refractivity (Wildman–Crippen MR) is 114 cm³/mol. The number of aromatic nitrogens is 4. The van der Waals surface area contributed by atoms with Crippen LogP contribution in [0.5, 0.6) is 0 Å². The zero-order valence-electron chi connectivity index (χ0n) is 17.0. The Hall–Kier alpha value is -2.32. The summed E-state index contributed by atoms with van der Waals surface area (Å²) in [6.07, 6.45) is 7.08. The maximum Gasteiger partial charge on any atom is 0.216 e. The van der Waals surface area contributed by atoms with Crippen LogP contribution in [0.25, 0.3) is 22.4 Å². The topological polar surface area (TPSA) is 91.8 Å². The lowest BCUT2D eigenvalue weighted by atomic mass is 9.87. The maximum absolute atomic E-state index is 12.7. The van der Waals surface area contributed by atoms with Crippen molar-refractivity contribution in [3.63, 3.8) is 0 Å². The summed E-state index contributed by atoms with van der Waals surface area (Å²) >= 11 is 0. The number of fused-ring (bicyclic) bond motifs is 1. The smallest absolute Gasteiger partial charge is 0.216 e. The molecule has 4 rings (SSSR count). The molecule has 0 aliphatic carbocycles. The summed E-state index contributed by atoms with van der Waals surface area (Å²) < 4.78 is 27.1. The van der Waals surface area contributed by atoms with Gasteiger partial charge in [0.05, 0.1) is 22.8 Å². The molecule has 0 aromatic carbocycles. The van der Waals surface area contributed by atoms with Crippen molar-refractivity contribution in [2.45, 2.75) is 38.9 Å². The van der Waals surface area contributed by atoms with Crippen LogP contribution in [0.3, 0.4) is 0 Å². The molecule has 4 heterocycles. The Labute approximate surface area is 171 Å². The second-order valence-electron chi connectivity index (χ2n) is 8.29. The number of hydrogen-bond donors (Lipinski definition) is 1. The molecular weight excluding hydrogens is 386 g/mol. The summed E-state index contributed by atoms with van der Waals surface area (Å²) in [7, 11) is -3.25. The van der Waals surface area contributed by atoms with Crippen LogP contribution in [0.1, 0.15) is 32.9 Å². The number of pyridine rings is 1. The van der Waals surface area contributed by atoms with Crippen molar-refractivity contribution in [3.05, 3.63) is 42.5 Å². The van der Waals surface area contributed by atoms with E-state index in [1.165, 1.54) is 0 Å². The Balaban J connectivity index is 1.61. The quantitative estimate of drug-likeness (QED) is 0.693. The standard InChI is InChI=1S/C21H27N5O2S/c1-14(2)29(27,28)26-12-15(3)9-16(13-26)10-19-17(5-4-7-22-19)20-11-24-21-18(25-20)6-8-23-21/h4-8,11,14-16H,9-10,12-13H2,1-3H3,(H,23,24)/t15-,16+/m0/s1. The molecule has 0 spiro atoms. The zero-order valence-corrected chi connectivity index (χ0v) is 17.9. The van der Waals surface area contributed by atoms with E-state index in [4.69, 9.17) is 4.98 Å². The monoisotopic (exact) mass is 413 g/mol. The first kappa shape index (κ1) is 20.0. The van der Waals surface area contributed by atoms with Crippen molar-refractivity contribution in [1.29, 1.82) is 0 Å². The van der Waals surface area contributed by atoms with Crippen LogP contribution in [-0.4, -0.2) is 51.0 Å². The van der Waals surface area contributed by atoms with Crippen molar-refractivity contribution in [3.8, 4) is 11.3 Å². The third-order valence-corrected chi connectivity index (χ3v) is 7.79.